The van der Waals surface area contributed by atoms with Crippen molar-refractivity contribution in [2.45, 2.75) is 30.6 Å². The molecule has 0 fully saturated rings. The lowest BCUT2D eigenvalue weighted by Gasteiger charge is -2.19. The molecule has 0 unspecified atom stereocenters. The first-order valence-corrected chi connectivity index (χ1v) is 7.28. The summed E-state index contributed by atoms with van der Waals surface area (Å²) in [7, 11) is -0.521. The number of rotatable bonds is 1. The summed E-state index contributed by atoms with van der Waals surface area (Å²) in [4.78, 5) is 0.960. The second kappa shape index (κ2) is 3.97. The van der Waals surface area contributed by atoms with Gasteiger partial charge in [-0.2, -0.15) is 0 Å². The molecule has 1 atom stereocenters. The van der Waals surface area contributed by atoms with Gasteiger partial charge in [0.1, 0.15) is 0 Å². The van der Waals surface area contributed by atoms with E-state index in [9.17, 15) is 4.21 Å². The number of hydrogen-bond acceptors (Lipinski definition) is 2. The highest BCUT2D eigenvalue weighted by Crippen LogP contribution is 2.27. The van der Waals surface area contributed by atoms with Crippen LogP contribution < -0.4 is 0 Å². The van der Waals surface area contributed by atoms with E-state index in [2.05, 4.69) is 10.4 Å². The highest BCUT2D eigenvalue weighted by atomic mass is 32.2. The predicted octanol–water partition coefficient (Wildman–Crippen LogP) is 2.65. The van der Waals surface area contributed by atoms with Crippen LogP contribution in [0.15, 0.2) is 27.5 Å². The number of benzene rings is 1. The molecule has 1 aliphatic rings. The van der Waals surface area contributed by atoms with E-state index in [1.54, 1.807) is 13.3 Å². The summed E-state index contributed by atoms with van der Waals surface area (Å²) in [5.41, 5.74) is 2.67. The van der Waals surface area contributed by atoms with Gasteiger partial charge in [0, 0.05) is 13.3 Å². The Morgan fingerprint density at radius 1 is 1.27 bits per heavy atom. The normalized spacial score (nSPS) is 19.1. The maximum Gasteiger partial charge on any atom is 0.0723 e. The largest absolute Gasteiger partial charge is 0.245 e. The topological polar surface area (TPSA) is 29.4 Å². The van der Waals surface area contributed by atoms with Gasteiger partial charge in [-0.15, -0.1) is 0 Å². The van der Waals surface area contributed by atoms with Gasteiger partial charge in [0.25, 0.3) is 0 Å². The van der Waals surface area contributed by atoms with Crippen molar-refractivity contribution in [2.24, 2.45) is 4.36 Å². The van der Waals surface area contributed by atoms with Crippen LogP contribution >= 0.6 is 0 Å². The molecule has 0 radical (unpaired) electrons. The molecule has 3 heteroatoms. The molecule has 2 nitrogen and oxygen atoms in total. The van der Waals surface area contributed by atoms with E-state index in [1.165, 1.54) is 24.0 Å². The molecule has 82 valence electrons. The summed E-state index contributed by atoms with van der Waals surface area (Å²) in [6.07, 6.45) is 6.39. The molecule has 0 aliphatic heterocycles. The van der Waals surface area contributed by atoms with Crippen molar-refractivity contribution in [1.29, 1.82) is 0 Å². The van der Waals surface area contributed by atoms with Crippen molar-refractivity contribution < 1.29 is 4.21 Å². The van der Waals surface area contributed by atoms with Gasteiger partial charge in [0.2, 0.25) is 0 Å². The Morgan fingerprint density at radius 2 is 2.00 bits per heavy atom. The molecule has 0 spiro atoms. The monoisotopic (exact) mass is 223 g/mol. The van der Waals surface area contributed by atoms with Gasteiger partial charge in [-0.05, 0) is 42.9 Å². The Kier molecular flexibility index (Phi) is 2.83. The lowest BCUT2D eigenvalue weighted by Crippen LogP contribution is -2.09. The molecular formula is C12H17NOS. The second-order valence-electron chi connectivity index (χ2n) is 4.09. The summed E-state index contributed by atoms with van der Waals surface area (Å²) >= 11 is 0. The van der Waals surface area contributed by atoms with E-state index < -0.39 is 9.73 Å². The number of nitrogens with zero attached hydrogens (tertiary/aromatic N) is 1. The van der Waals surface area contributed by atoms with Crippen LogP contribution in [0.5, 0.6) is 0 Å². The summed E-state index contributed by atoms with van der Waals surface area (Å²) in [6.45, 7) is 0. The molecule has 0 heterocycles. The minimum Gasteiger partial charge on any atom is -0.245 e. The van der Waals surface area contributed by atoms with Crippen LogP contribution in [0.4, 0.5) is 0 Å². The number of aryl methyl sites for hydroxylation is 1. The van der Waals surface area contributed by atoms with E-state index in [0.29, 0.717) is 0 Å². The van der Waals surface area contributed by atoms with Crippen LogP contribution in [0, 0.1) is 0 Å². The van der Waals surface area contributed by atoms with Gasteiger partial charge in [0.05, 0.1) is 14.6 Å². The average molecular weight is 223 g/mol. The maximum absolute atomic E-state index is 12.3. The van der Waals surface area contributed by atoms with Gasteiger partial charge in [-0.3, -0.25) is 0 Å². The third-order valence-corrected chi connectivity index (χ3v) is 5.00. The summed E-state index contributed by atoms with van der Waals surface area (Å²) < 4.78 is 16.3. The van der Waals surface area contributed by atoms with Gasteiger partial charge in [-0.25, -0.2) is 8.57 Å². The molecule has 1 aromatic carbocycles. The first-order chi connectivity index (χ1) is 7.15. The zero-order chi connectivity index (χ0) is 10.9. The van der Waals surface area contributed by atoms with Crippen LogP contribution in [0.25, 0.3) is 0 Å². The first kappa shape index (κ1) is 10.7. The van der Waals surface area contributed by atoms with Gasteiger partial charge in [-0.1, -0.05) is 12.1 Å². The van der Waals surface area contributed by atoms with Crippen LogP contribution in [0.3, 0.4) is 0 Å². The van der Waals surface area contributed by atoms with Crippen molar-refractivity contribution in [1.82, 2.24) is 0 Å². The van der Waals surface area contributed by atoms with E-state index in [1.807, 2.05) is 12.1 Å². The second-order valence-corrected chi connectivity index (χ2v) is 6.50. The molecule has 1 aliphatic carbocycles. The Labute approximate surface area is 91.9 Å². The lowest BCUT2D eigenvalue weighted by molar-refractivity contribution is 0.661. The fourth-order valence-electron chi connectivity index (χ4n) is 2.20. The quantitative estimate of drug-likeness (QED) is 0.719. The molecule has 0 bridgehead atoms. The number of hydrogen-bond donors (Lipinski definition) is 0. The zero-order valence-corrected chi connectivity index (χ0v) is 10.1. The van der Waals surface area contributed by atoms with Crippen molar-refractivity contribution in [3.63, 3.8) is 0 Å². The molecule has 0 N–H and O–H groups in total. The molecule has 15 heavy (non-hydrogen) atoms. The van der Waals surface area contributed by atoms with Gasteiger partial charge in [0.15, 0.2) is 0 Å². The summed E-state index contributed by atoms with van der Waals surface area (Å²) in [5, 5.41) is 0. The zero-order valence-electron chi connectivity index (χ0n) is 9.32. The fraction of sp³-hybridized carbons (Fsp3) is 0.500. The third-order valence-electron chi connectivity index (χ3n) is 3.11. The van der Waals surface area contributed by atoms with E-state index in [-0.39, 0.29) is 0 Å². The van der Waals surface area contributed by atoms with E-state index >= 15 is 0 Å². The lowest BCUT2D eigenvalue weighted by atomic mass is 9.92. The van der Waals surface area contributed by atoms with Gasteiger partial charge < -0.3 is 0 Å². The standard InChI is InChI=1S/C12H17NOS/c1-13-15(2,14)12-9-5-7-10-6-3-4-8-11(10)12/h5,7,9H,3-4,6,8H2,1-2H3/t15-/m0/s1. The Morgan fingerprint density at radius 3 is 2.73 bits per heavy atom. The third kappa shape index (κ3) is 1.93. The minimum atomic E-state index is -2.16. The molecule has 0 amide bonds. The first-order valence-electron chi connectivity index (χ1n) is 5.36. The highest BCUT2D eigenvalue weighted by Gasteiger charge is 2.17. The van der Waals surface area contributed by atoms with Crippen LogP contribution in [0.2, 0.25) is 0 Å². The highest BCUT2D eigenvalue weighted by molar-refractivity contribution is 7.93. The smallest absolute Gasteiger partial charge is 0.0723 e. The van der Waals surface area contributed by atoms with Crippen molar-refractivity contribution in [2.75, 3.05) is 13.3 Å². The van der Waals surface area contributed by atoms with Gasteiger partial charge >= 0.3 is 0 Å². The Bertz CT molecular complexity index is 484. The summed E-state index contributed by atoms with van der Waals surface area (Å²) in [6, 6.07) is 6.14. The summed E-state index contributed by atoms with van der Waals surface area (Å²) in [5.74, 6) is 0. The van der Waals surface area contributed by atoms with E-state index in [4.69, 9.17) is 0 Å². The van der Waals surface area contributed by atoms with Crippen molar-refractivity contribution in [3.8, 4) is 0 Å². The van der Waals surface area contributed by atoms with Crippen LogP contribution in [-0.4, -0.2) is 17.5 Å². The predicted molar refractivity (Wildman–Crippen MR) is 63.8 cm³/mol. The maximum atomic E-state index is 12.3. The van der Waals surface area contributed by atoms with Crippen molar-refractivity contribution in [3.05, 3.63) is 29.3 Å². The minimum absolute atomic E-state index is 0.960. The number of fused-ring (bicyclic) bond motifs is 1. The molecule has 0 saturated carbocycles. The van der Waals surface area contributed by atoms with Crippen molar-refractivity contribution >= 4 is 9.73 Å². The average Bonchev–Trinajstić information content (AvgIpc) is 2.28. The molecule has 0 saturated heterocycles. The molecule has 1 aromatic rings. The Balaban J connectivity index is 2.63. The SMILES string of the molecule is CN=[S@@](C)(=O)c1cccc2c1CCCC2. The molecule has 0 aromatic heterocycles. The Hall–Kier alpha value is -0.830. The molecular weight excluding hydrogens is 206 g/mol. The fourth-order valence-corrected chi connectivity index (χ4v) is 3.42. The molecule has 2 rings (SSSR count). The van der Waals surface area contributed by atoms with E-state index in [0.717, 1.165) is 17.7 Å². The van der Waals surface area contributed by atoms with Crippen LogP contribution in [-0.2, 0) is 22.6 Å². The van der Waals surface area contributed by atoms with Crippen LogP contribution in [0.1, 0.15) is 24.0 Å².